The summed E-state index contributed by atoms with van der Waals surface area (Å²) in [6.45, 7) is -0.226. The van der Waals surface area contributed by atoms with Crippen LogP contribution < -0.4 is 21.3 Å². The quantitative estimate of drug-likeness (QED) is 0.107. The summed E-state index contributed by atoms with van der Waals surface area (Å²) < 4.78 is 5.72. The van der Waals surface area contributed by atoms with Crippen LogP contribution in [0.15, 0.2) is 188 Å². The van der Waals surface area contributed by atoms with Crippen LogP contribution in [0.5, 0.6) is 0 Å². The Morgan fingerprint density at radius 3 is 1.73 bits per heavy atom. The molecule has 0 bridgehead atoms. The third kappa shape index (κ3) is 6.69. The van der Waals surface area contributed by atoms with Crippen molar-refractivity contribution in [3.8, 4) is 44.9 Å². The zero-order chi connectivity index (χ0) is 38.0. The first-order chi connectivity index (χ1) is 27.5. The first-order valence-electron chi connectivity index (χ1n) is 18.7. The van der Waals surface area contributed by atoms with Gasteiger partial charge in [-0.05, 0) is 6.07 Å². The van der Waals surface area contributed by atoms with Gasteiger partial charge in [0, 0.05) is 0 Å². The molecule has 0 atom stereocenters. The standard InChI is InChI=1S/C50H37BN4.Pt/c1-53(2)42-29-31-43(32-30-42)54-36-55(49-28-10-9-27-48(49)54)44-23-14-22-41(35-44)51(40-21-13-20-39(34-40)47-26-11-12-33-52-47)50-45(37-16-5-3-6-17-37)24-15-25-46(50)38-18-7-4-8-19-38;/h3-33H,1-2H3;/q-2;. The number of aromatic nitrogens is 3. The van der Waals surface area contributed by atoms with Crippen molar-refractivity contribution in [3.63, 3.8) is 0 Å². The molecule has 2 aromatic heterocycles. The molecule has 7 aromatic carbocycles. The first kappa shape index (κ1) is 35.4. The summed E-state index contributed by atoms with van der Waals surface area (Å²) in [5, 5.41) is 0. The van der Waals surface area contributed by atoms with Crippen molar-refractivity contribution < 1.29 is 19.4 Å². The number of hydrogen-bond acceptors (Lipinski definition) is 2. The van der Waals surface area contributed by atoms with Gasteiger partial charge >= 0.3 is 335 Å². The molecule has 0 spiro atoms. The van der Waals surface area contributed by atoms with Gasteiger partial charge in [0.05, 0.1) is 0 Å². The van der Waals surface area contributed by atoms with Gasteiger partial charge in [0.1, 0.15) is 0 Å². The van der Waals surface area contributed by atoms with E-state index < -0.39 is 0 Å². The van der Waals surface area contributed by atoms with Crippen LogP contribution in [0.2, 0.25) is 0 Å². The topological polar surface area (TPSA) is 26.0 Å². The van der Waals surface area contributed by atoms with Crippen molar-refractivity contribution in [2.24, 2.45) is 0 Å². The maximum atomic E-state index is 4.71. The van der Waals surface area contributed by atoms with E-state index in [9.17, 15) is 0 Å². The normalized spacial score (nSPS) is 11.1. The third-order valence-corrected chi connectivity index (χ3v) is 11.3. The Balaban J connectivity index is 1.30. The molecule has 272 valence electrons. The van der Waals surface area contributed by atoms with Gasteiger partial charge in [-0.1, -0.05) is 0 Å². The monoisotopic (exact) mass is 899 g/mol. The minimum absolute atomic E-state index is 0.226. The van der Waals surface area contributed by atoms with Crippen molar-refractivity contribution in [2.45, 2.75) is 0 Å². The summed E-state index contributed by atoms with van der Waals surface area (Å²) in [6.07, 6.45) is 1.84. The van der Waals surface area contributed by atoms with E-state index in [0.29, 0.717) is 0 Å². The Morgan fingerprint density at radius 2 is 1.11 bits per heavy atom. The van der Waals surface area contributed by atoms with Crippen LogP contribution in [0, 0.1) is 15.9 Å². The fraction of sp³-hybridized carbons (Fsp3) is 0.0400. The fourth-order valence-electron chi connectivity index (χ4n) is 7.68. The Morgan fingerprint density at radius 1 is 0.536 bits per heavy atom. The summed E-state index contributed by atoms with van der Waals surface area (Å²) in [5.74, 6) is 0. The molecule has 0 aliphatic rings. The second-order valence-electron chi connectivity index (χ2n) is 14.0. The van der Waals surface area contributed by atoms with Crippen molar-refractivity contribution in [2.75, 3.05) is 19.0 Å². The van der Waals surface area contributed by atoms with Gasteiger partial charge in [-0.2, -0.15) is 0 Å². The van der Waals surface area contributed by atoms with Crippen LogP contribution in [0.25, 0.3) is 55.9 Å². The van der Waals surface area contributed by atoms with Crippen molar-refractivity contribution in [1.82, 2.24) is 14.1 Å². The number of hydrogen-bond donors (Lipinski definition) is 0. The molecule has 0 N–H and O–H groups in total. The van der Waals surface area contributed by atoms with Crippen LogP contribution >= 0.6 is 0 Å². The predicted octanol–water partition coefficient (Wildman–Crippen LogP) is 9.08. The second-order valence-corrected chi connectivity index (χ2v) is 15.0. The molecule has 9 rings (SSSR count). The average Bonchev–Trinajstić information content (AvgIpc) is 3.56. The predicted molar refractivity (Wildman–Crippen MR) is 229 cm³/mol. The molecule has 0 fully saturated rings. The van der Waals surface area contributed by atoms with Crippen LogP contribution in [0.4, 0.5) is 5.69 Å². The van der Waals surface area contributed by atoms with Crippen LogP contribution in [-0.4, -0.2) is 34.9 Å². The average molecular weight is 900 g/mol. The Kier molecular flexibility index (Phi) is 9.77. The number of rotatable bonds is 9. The molecule has 6 heteroatoms. The molecule has 0 unspecified atom stereocenters. The minimum atomic E-state index is -0.226. The van der Waals surface area contributed by atoms with E-state index >= 15 is 0 Å². The van der Waals surface area contributed by atoms with E-state index in [4.69, 9.17) is 4.98 Å². The Hall–Kier alpha value is -6.29. The van der Waals surface area contributed by atoms with E-state index in [2.05, 4.69) is 223 Å². The van der Waals surface area contributed by atoms with E-state index in [1.165, 1.54) is 16.6 Å². The summed E-state index contributed by atoms with van der Waals surface area (Å²) in [4.78, 5) is 6.84. The van der Waals surface area contributed by atoms with Gasteiger partial charge in [0.25, 0.3) is 0 Å². The molecule has 0 saturated carbocycles. The maximum absolute atomic E-state index is 4.71. The van der Waals surface area contributed by atoms with Gasteiger partial charge in [0.15, 0.2) is 0 Å². The zero-order valence-electron chi connectivity index (χ0n) is 31.1. The van der Waals surface area contributed by atoms with E-state index in [0.717, 1.165) is 65.2 Å². The molecular weight excluding hydrogens is 862 g/mol. The van der Waals surface area contributed by atoms with E-state index in [1.54, 1.807) is 0 Å². The van der Waals surface area contributed by atoms with Gasteiger partial charge in [-0.15, -0.1) is 0 Å². The van der Waals surface area contributed by atoms with Gasteiger partial charge in [0.2, 0.25) is 0 Å². The number of imidazole rings is 1. The molecule has 0 radical (unpaired) electrons. The summed E-state index contributed by atoms with van der Waals surface area (Å²) in [6, 6.07) is 72.4. The van der Waals surface area contributed by atoms with Crippen LogP contribution in [0.3, 0.4) is 0 Å². The third-order valence-electron chi connectivity index (χ3n) is 10.3. The first-order valence-corrected chi connectivity index (χ1v) is 19.8. The van der Waals surface area contributed by atoms with E-state index in [1.807, 2.05) is 24.4 Å². The van der Waals surface area contributed by atoms with Crippen LogP contribution in [0.1, 0.15) is 0 Å². The molecule has 0 aliphatic heterocycles. The molecule has 9 aromatic rings. The van der Waals surface area contributed by atoms with Gasteiger partial charge in [-0.25, -0.2) is 0 Å². The zero-order valence-corrected chi connectivity index (χ0v) is 33.4. The second kappa shape index (κ2) is 15.5. The molecule has 0 saturated heterocycles. The number of nitrogens with zero attached hydrogens (tertiary/aromatic N) is 4. The molecule has 2 heterocycles. The molecule has 4 nitrogen and oxygen atoms in total. The van der Waals surface area contributed by atoms with Crippen molar-refractivity contribution >= 4 is 39.8 Å². The van der Waals surface area contributed by atoms with Gasteiger partial charge in [-0.3, -0.25) is 0 Å². The van der Waals surface area contributed by atoms with Gasteiger partial charge < -0.3 is 0 Å². The molecule has 0 amide bonds. The number of anilines is 1. The van der Waals surface area contributed by atoms with E-state index in [-0.39, 0.29) is 6.71 Å². The molecular formula is C50H37BN4Pt-2. The Labute approximate surface area is 339 Å². The van der Waals surface area contributed by atoms with Crippen molar-refractivity contribution in [3.05, 3.63) is 204 Å². The Bertz CT molecular complexity index is 2790. The molecule has 56 heavy (non-hydrogen) atoms. The van der Waals surface area contributed by atoms with Crippen LogP contribution in [-0.2, 0) is 19.4 Å². The summed E-state index contributed by atoms with van der Waals surface area (Å²) in [5.41, 5.74) is 15.3. The summed E-state index contributed by atoms with van der Waals surface area (Å²) in [7, 11) is 4.14. The number of pyridine rings is 1. The number of para-hydroxylation sites is 2. The summed E-state index contributed by atoms with van der Waals surface area (Å²) >= 11 is 2.47. The fourth-order valence-corrected chi connectivity index (χ4v) is 8.79. The van der Waals surface area contributed by atoms with Crippen molar-refractivity contribution in [1.29, 1.82) is 0 Å². The number of benzene rings is 7. The molecule has 0 aliphatic carbocycles. The SMILES string of the molecule is CN(C)c1ccc(-n2[c](=[Pt])n(-c3[c-]c(B(c4[c-]c(-c5ccccn5)ccc4)c4c(-c5ccccc5)cccc4-c4ccccc4)ccc3)c3ccccc32)cc1. The number of fused-ring (bicyclic) bond motifs is 1.